The first-order chi connectivity index (χ1) is 10.7. The van der Waals surface area contributed by atoms with E-state index in [1.165, 1.54) is 12.1 Å². The third kappa shape index (κ3) is 4.41. The molecule has 0 saturated heterocycles. The Morgan fingerprint density at radius 3 is 1.22 bits per heavy atom. The maximum atomic E-state index is 10.0. The van der Waals surface area contributed by atoms with E-state index in [1.807, 2.05) is 0 Å². The van der Waals surface area contributed by atoms with Crippen molar-refractivity contribution in [1.29, 1.82) is 0 Å². The first-order valence-electron chi connectivity index (χ1n) is 5.64. The molecule has 2 aromatic rings. The Bertz CT molecular complexity index is 621. The second kappa shape index (κ2) is 8.70. The van der Waals surface area contributed by atoms with E-state index in [0.29, 0.717) is 0 Å². The van der Waals surface area contributed by atoms with Crippen molar-refractivity contribution in [2.45, 2.75) is 6.42 Å². The van der Waals surface area contributed by atoms with Crippen LogP contribution in [0.3, 0.4) is 0 Å². The Kier molecular flexibility index (Phi) is 7.84. The van der Waals surface area contributed by atoms with Crippen LogP contribution in [0.1, 0.15) is 11.1 Å². The normalized spacial score (nSPS) is 10.3. The van der Waals surface area contributed by atoms with Gasteiger partial charge in [0.05, 0.1) is 30.1 Å². The van der Waals surface area contributed by atoms with Gasteiger partial charge in [-0.25, -0.2) is 0 Å². The van der Waals surface area contributed by atoms with Gasteiger partial charge in [-0.3, -0.25) is 10.5 Å². The van der Waals surface area contributed by atoms with Crippen molar-refractivity contribution in [2.24, 2.45) is 0 Å². The summed E-state index contributed by atoms with van der Waals surface area (Å²) in [6, 6.07) is 2.63. The second-order valence-electron chi connectivity index (χ2n) is 4.14. The van der Waals surface area contributed by atoms with Crippen molar-refractivity contribution in [2.75, 3.05) is 0 Å². The van der Waals surface area contributed by atoms with Gasteiger partial charge in [-0.15, -0.1) is 0 Å². The van der Waals surface area contributed by atoms with Crippen LogP contribution < -0.4 is 0 Å². The minimum Gasteiger partial charge on any atom is -0.506 e. The minimum absolute atomic E-state index is 0.0307. The van der Waals surface area contributed by atoms with Crippen molar-refractivity contribution in [3.63, 3.8) is 0 Å². The molecule has 0 unspecified atom stereocenters. The molecule has 0 fully saturated rings. The summed E-state index contributed by atoms with van der Waals surface area (Å²) in [5.41, 5.74) is 0.425. The molecule has 0 saturated carbocycles. The van der Waals surface area contributed by atoms with Crippen LogP contribution in [0.15, 0.2) is 12.1 Å². The lowest BCUT2D eigenvalue weighted by molar-refractivity contribution is -0.176. The highest BCUT2D eigenvalue weighted by molar-refractivity contribution is 6.45. The van der Waals surface area contributed by atoms with Gasteiger partial charge in [-0.1, -0.05) is 69.6 Å². The summed E-state index contributed by atoms with van der Waals surface area (Å²) in [5.74, 6) is -0.504. The van der Waals surface area contributed by atoms with Crippen LogP contribution >= 0.6 is 69.6 Å². The van der Waals surface area contributed by atoms with Crippen LogP contribution in [-0.4, -0.2) is 20.7 Å². The monoisotopic (exact) mass is 438 g/mol. The highest BCUT2D eigenvalue weighted by Gasteiger charge is 2.20. The Labute approximate surface area is 161 Å². The Morgan fingerprint density at radius 2 is 0.913 bits per heavy atom. The maximum absolute atomic E-state index is 10.0. The summed E-state index contributed by atoms with van der Waals surface area (Å²) in [7, 11) is 0. The van der Waals surface area contributed by atoms with Crippen LogP contribution in [0, 0.1) is 0 Å². The SMILES string of the molecule is OO.Oc1c(Cl)cc(Cl)c(Cl)c1Cc1c(O)c(Cl)cc(Cl)c1Cl. The molecule has 4 N–H and O–H groups in total. The Hall–Kier alpha value is -0.300. The van der Waals surface area contributed by atoms with E-state index in [2.05, 4.69) is 0 Å². The van der Waals surface area contributed by atoms with Crippen molar-refractivity contribution >= 4 is 69.6 Å². The zero-order chi connectivity index (χ0) is 17.9. The third-order valence-electron chi connectivity index (χ3n) is 2.83. The van der Waals surface area contributed by atoms with Crippen molar-refractivity contribution in [3.8, 4) is 11.5 Å². The average molecular weight is 441 g/mol. The number of halogens is 6. The molecule has 0 amide bonds. The lowest BCUT2D eigenvalue weighted by Crippen LogP contribution is -1.95. The van der Waals surface area contributed by atoms with Gasteiger partial charge >= 0.3 is 0 Å². The van der Waals surface area contributed by atoms with Gasteiger partial charge in [0.25, 0.3) is 0 Å². The number of phenolic OH excluding ortho intramolecular Hbond substituents is 2. The molecule has 23 heavy (non-hydrogen) atoms. The zero-order valence-electron chi connectivity index (χ0n) is 10.9. The number of rotatable bonds is 2. The summed E-state index contributed by atoms with van der Waals surface area (Å²) < 4.78 is 0. The van der Waals surface area contributed by atoms with Crippen LogP contribution in [-0.2, 0) is 6.42 Å². The van der Waals surface area contributed by atoms with Gasteiger partial charge in [-0.05, 0) is 12.1 Å². The number of aromatic hydroxyl groups is 2. The lowest BCUT2D eigenvalue weighted by atomic mass is 10.0. The minimum atomic E-state index is -0.252. The van der Waals surface area contributed by atoms with Crippen LogP contribution in [0.4, 0.5) is 0 Å². The van der Waals surface area contributed by atoms with E-state index in [4.69, 9.17) is 80.1 Å². The highest BCUT2D eigenvalue weighted by Crippen LogP contribution is 2.44. The molecule has 2 rings (SSSR count). The van der Waals surface area contributed by atoms with Gasteiger partial charge in [0.1, 0.15) is 11.5 Å². The largest absolute Gasteiger partial charge is 0.506 e. The van der Waals surface area contributed by atoms with Crippen LogP contribution in [0.25, 0.3) is 0 Å². The molecule has 0 radical (unpaired) electrons. The summed E-state index contributed by atoms with van der Waals surface area (Å²) in [5, 5.41) is 32.6. The molecule has 0 aliphatic heterocycles. The van der Waals surface area contributed by atoms with Gasteiger partial charge in [0.2, 0.25) is 0 Å². The fourth-order valence-electron chi connectivity index (χ4n) is 1.77. The summed E-state index contributed by atoms with van der Waals surface area (Å²) >= 11 is 35.7. The molecule has 0 aromatic heterocycles. The van der Waals surface area contributed by atoms with E-state index in [9.17, 15) is 10.2 Å². The summed E-state index contributed by atoms with van der Waals surface area (Å²) in [6.07, 6.45) is -0.0457. The smallest absolute Gasteiger partial charge is 0.139 e. The predicted octanol–water partition coefficient (Wildman–Crippen LogP) is 6.63. The third-order valence-corrected chi connectivity index (χ3v) is 5.06. The Morgan fingerprint density at radius 1 is 0.609 bits per heavy atom. The summed E-state index contributed by atoms with van der Waals surface area (Å²) in [6.45, 7) is 0. The number of phenols is 2. The van der Waals surface area contributed by atoms with E-state index in [-0.39, 0.29) is 59.2 Å². The van der Waals surface area contributed by atoms with E-state index in [1.54, 1.807) is 0 Å². The molecular formula is C13H8Cl6O4. The van der Waals surface area contributed by atoms with Crippen LogP contribution in [0.2, 0.25) is 30.1 Å². The van der Waals surface area contributed by atoms with Crippen molar-refractivity contribution in [1.82, 2.24) is 0 Å². The van der Waals surface area contributed by atoms with E-state index < -0.39 is 0 Å². The quantitative estimate of drug-likeness (QED) is 0.240. The number of hydrogen-bond donors (Lipinski definition) is 4. The fraction of sp³-hybridized carbons (Fsp3) is 0.0769. The maximum Gasteiger partial charge on any atom is 0.139 e. The molecular weight excluding hydrogens is 433 g/mol. The van der Waals surface area contributed by atoms with Gasteiger partial charge in [-0.2, -0.15) is 0 Å². The Balaban J connectivity index is 0.00000127. The van der Waals surface area contributed by atoms with Crippen molar-refractivity contribution < 1.29 is 20.7 Å². The number of benzene rings is 2. The second-order valence-corrected chi connectivity index (χ2v) is 6.52. The molecule has 126 valence electrons. The lowest BCUT2D eigenvalue weighted by Gasteiger charge is -2.14. The first-order valence-corrected chi connectivity index (χ1v) is 7.91. The molecule has 10 heteroatoms. The molecule has 2 aromatic carbocycles. The topological polar surface area (TPSA) is 80.9 Å². The molecule has 0 aliphatic carbocycles. The zero-order valence-corrected chi connectivity index (χ0v) is 15.5. The molecule has 4 nitrogen and oxygen atoms in total. The molecule has 0 atom stereocenters. The van der Waals surface area contributed by atoms with Gasteiger partial charge in [0, 0.05) is 17.5 Å². The van der Waals surface area contributed by atoms with Crippen LogP contribution in [0.5, 0.6) is 11.5 Å². The predicted molar refractivity (Wildman–Crippen MR) is 94.3 cm³/mol. The standard InChI is InChI=1S/C13H6Cl6O2.H2O2/c14-6-2-8(16)12(20)4(10(6)18)1-5-11(19)7(15)3-9(17)13(5)21;1-2/h2-3,20-21H,1H2;1-2H. The molecule has 0 aliphatic rings. The van der Waals surface area contributed by atoms with Gasteiger partial charge < -0.3 is 10.2 Å². The first kappa shape index (κ1) is 20.7. The average Bonchev–Trinajstić information content (AvgIpc) is 2.52. The number of hydrogen-bond acceptors (Lipinski definition) is 4. The highest BCUT2D eigenvalue weighted by atomic mass is 35.5. The molecule has 0 heterocycles. The molecule has 0 spiro atoms. The molecule has 0 bridgehead atoms. The van der Waals surface area contributed by atoms with Gasteiger partial charge in [0.15, 0.2) is 0 Å². The summed E-state index contributed by atoms with van der Waals surface area (Å²) in [4.78, 5) is 0. The van der Waals surface area contributed by atoms with E-state index in [0.717, 1.165) is 0 Å². The fourth-order valence-corrected chi connectivity index (χ4v) is 3.20. The van der Waals surface area contributed by atoms with Crippen molar-refractivity contribution in [3.05, 3.63) is 53.4 Å². The van der Waals surface area contributed by atoms with E-state index >= 15 is 0 Å².